The lowest BCUT2D eigenvalue weighted by Gasteiger charge is -2.20. The summed E-state index contributed by atoms with van der Waals surface area (Å²) >= 11 is 0. The number of rotatable bonds is 3. The van der Waals surface area contributed by atoms with Crippen LogP contribution in [0.3, 0.4) is 0 Å². The van der Waals surface area contributed by atoms with Crippen molar-refractivity contribution in [2.24, 2.45) is 0 Å². The number of ether oxygens (including phenoxy) is 1. The number of nitrogens with zero attached hydrogens (tertiary/aromatic N) is 2. The van der Waals surface area contributed by atoms with Crippen LogP contribution in [0.2, 0.25) is 0 Å². The Bertz CT molecular complexity index is 325. The largest absolute Gasteiger partial charge is 0.484 e. The molecule has 2 atom stereocenters. The van der Waals surface area contributed by atoms with Crippen molar-refractivity contribution in [3.05, 3.63) is 12.4 Å². The third kappa shape index (κ3) is 2.76. The van der Waals surface area contributed by atoms with E-state index in [1.165, 1.54) is 6.42 Å². The topological polar surface area (TPSA) is 47.3 Å². The van der Waals surface area contributed by atoms with Crippen molar-refractivity contribution >= 4 is 0 Å². The SMILES string of the molecule is CCn1cc(OC2CCCCCC2O)cn1. The first-order valence-electron chi connectivity index (χ1n) is 6.16. The Morgan fingerprint density at radius 3 is 3.00 bits per heavy atom. The van der Waals surface area contributed by atoms with Gasteiger partial charge in [-0.2, -0.15) is 5.10 Å². The van der Waals surface area contributed by atoms with Gasteiger partial charge in [0.1, 0.15) is 6.10 Å². The van der Waals surface area contributed by atoms with Crippen LogP contribution in [-0.4, -0.2) is 27.1 Å². The summed E-state index contributed by atoms with van der Waals surface area (Å²) in [4.78, 5) is 0. The second-order valence-electron chi connectivity index (χ2n) is 4.39. The molecule has 1 aromatic rings. The molecular formula is C12H20N2O2. The first-order chi connectivity index (χ1) is 7.79. The highest BCUT2D eigenvalue weighted by Gasteiger charge is 2.23. The van der Waals surface area contributed by atoms with Crippen LogP contribution in [0.25, 0.3) is 0 Å². The molecular weight excluding hydrogens is 204 g/mol. The Morgan fingerprint density at radius 1 is 1.44 bits per heavy atom. The Hall–Kier alpha value is -1.03. The zero-order valence-corrected chi connectivity index (χ0v) is 9.80. The van der Waals surface area contributed by atoms with E-state index in [0.29, 0.717) is 0 Å². The molecule has 2 unspecified atom stereocenters. The molecule has 4 nitrogen and oxygen atoms in total. The van der Waals surface area contributed by atoms with Crippen LogP contribution in [0.4, 0.5) is 0 Å². The molecule has 0 spiro atoms. The van der Waals surface area contributed by atoms with Crippen LogP contribution in [0, 0.1) is 0 Å². The number of aliphatic hydroxyl groups is 1. The third-order valence-electron chi connectivity index (χ3n) is 3.14. The van der Waals surface area contributed by atoms with E-state index in [4.69, 9.17) is 4.74 Å². The quantitative estimate of drug-likeness (QED) is 0.798. The molecule has 16 heavy (non-hydrogen) atoms. The summed E-state index contributed by atoms with van der Waals surface area (Å²) in [6, 6.07) is 0. The van der Waals surface area contributed by atoms with Gasteiger partial charge in [0, 0.05) is 6.54 Å². The monoisotopic (exact) mass is 224 g/mol. The zero-order valence-electron chi connectivity index (χ0n) is 9.80. The Morgan fingerprint density at radius 2 is 2.25 bits per heavy atom. The van der Waals surface area contributed by atoms with E-state index in [-0.39, 0.29) is 12.2 Å². The molecule has 1 N–H and O–H groups in total. The van der Waals surface area contributed by atoms with E-state index < -0.39 is 0 Å². The van der Waals surface area contributed by atoms with E-state index in [9.17, 15) is 5.11 Å². The summed E-state index contributed by atoms with van der Waals surface area (Å²) < 4.78 is 7.63. The molecule has 0 bridgehead atoms. The highest BCUT2D eigenvalue weighted by atomic mass is 16.5. The van der Waals surface area contributed by atoms with Gasteiger partial charge in [-0.05, 0) is 26.2 Å². The lowest BCUT2D eigenvalue weighted by atomic mass is 10.1. The highest BCUT2D eigenvalue weighted by molar-refractivity contribution is 5.12. The van der Waals surface area contributed by atoms with Crippen molar-refractivity contribution in [1.29, 1.82) is 0 Å². The maximum Gasteiger partial charge on any atom is 0.157 e. The number of aryl methyl sites for hydroxylation is 1. The molecule has 1 aliphatic carbocycles. The summed E-state index contributed by atoms with van der Waals surface area (Å²) in [5.74, 6) is 0.771. The molecule has 0 radical (unpaired) electrons. The normalized spacial score (nSPS) is 26.4. The lowest BCUT2D eigenvalue weighted by molar-refractivity contribution is 0.0319. The van der Waals surface area contributed by atoms with E-state index in [1.54, 1.807) is 6.20 Å². The van der Waals surface area contributed by atoms with Gasteiger partial charge in [0.2, 0.25) is 0 Å². The van der Waals surface area contributed by atoms with Gasteiger partial charge in [-0.15, -0.1) is 0 Å². The molecule has 1 aliphatic rings. The number of aromatic nitrogens is 2. The molecule has 0 saturated heterocycles. The van der Waals surface area contributed by atoms with Gasteiger partial charge in [0.25, 0.3) is 0 Å². The van der Waals surface area contributed by atoms with Crippen LogP contribution < -0.4 is 4.74 Å². The number of hydrogen-bond donors (Lipinski definition) is 1. The zero-order chi connectivity index (χ0) is 11.4. The van der Waals surface area contributed by atoms with Gasteiger partial charge in [-0.3, -0.25) is 4.68 Å². The van der Waals surface area contributed by atoms with Crippen molar-refractivity contribution < 1.29 is 9.84 Å². The van der Waals surface area contributed by atoms with Crippen molar-refractivity contribution in [3.63, 3.8) is 0 Å². The summed E-state index contributed by atoms with van der Waals surface area (Å²) in [6.07, 6.45) is 8.47. The second-order valence-corrected chi connectivity index (χ2v) is 4.39. The van der Waals surface area contributed by atoms with E-state index >= 15 is 0 Å². The van der Waals surface area contributed by atoms with Crippen molar-refractivity contribution in [1.82, 2.24) is 9.78 Å². The van der Waals surface area contributed by atoms with Crippen molar-refractivity contribution in [2.75, 3.05) is 0 Å². The fraction of sp³-hybridized carbons (Fsp3) is 0.750. The average molecular weight is 224 g/mol. The summed E-state index contributed by atoms with van der Waals surface area (Å²) in [5, 5.41) is 14.1. The summed E-state index contributed by atoms with van der Waals surface area (Å²) in [5.41, 5.74) is 0. The minimum atomic E-state index is -0.326. The number of aliphatic hydroxyl groups excluding tert-OH is 1. The Balaban J connectivity index is 1.96. The minimum absolute atomic E-state index is 0.0583. The first kappa shape index (κ1) is 11.5. The number of hydrogen-bond acceptors (Lipinski definition) is 3. The molecule has 0 amide bonds. The predicted octanol–water partition coefficient (Wildman–Crippen LogP) is 1.98. The molecule has 0 aromatic carbocycles. The van der Waals surface area contributed by atoms with Gasteiger partial charge in [0.15, 0.2) is 5.75 Å². The van der Waals surface area contributed by atoms with Crippen molar-refractivity contribution in [3.8, 4) is 5.75 Å². The molecule has 1 fully saturated rings. The fourth-order valence-electron chi connectivity index (χ4n) is 2.14. The summed E-state index contributed by atoms with van der Waals surface area (Å²) in [7, 11) is 0. The Kier molecular flexibility index (Phi) is 3.83. The van der Waals surface area contributed by atoms with E-state index in [2.05, 4.69) is 5.10 Å². The van der Waals surface area contributed by atoms with Gasteiger partial charge in [0.05, 0.1) is 18.5 Å². The van der Waals surface area contributed by atoms with Gasteiger partial charge >= 0.3 is 0 Å². The fourth-order valence-corrected chi connectivity index (χ4v) is 2.14. The van der Waals surface area contributed by atoms with Crippen LogP contribution in [-0.2, 0) is 6.54 Å². The second kappa shape index (κ2) is 5.34. The molecule has 1 saturated carbocycles. The molecule has 2 rings (SSSR count). The predicted molar refractivity (Wildman–Crippen MR) is 61.4 cm³/mol. The summed E-state index contributed by atoms with van der Waals surface area (Å²) in [6.45, 7) is 2.88. The molecule has 90 valence electrons. The Labute approximate surface area is 96.2 Å². The van der Waals surface area contributed by atoms with E-state index in [1.807, 2.05) is 17.8 Å². The lowest BCUT2D eigenvalue weighted by Crippen LogP contribution is -2.30. The molecule has 0 aliphatic heterocycles. The van der Waals surface area contributed by atoms with Gasteiger partial charge in [-0.1, -0.05) is 12.8 Å². The maximum atomic E-state index is 9.92. The van der Waals surface area contributed by atoms with Gasteiger partial charge in [-0.25, -0.2) is 0 Å². The highest BCUT2D eigenvalue weighted by Crippen LogP contribution is 2.22. The maximum absolute atomic E-state index is 9.92. The molecule has 1 heterocycles. The third-order valence-corrected chi connectivity index (χ3v) is 3.14. The smallest absolute Gasteiger partial charge is 0.157 e. The molecule has 4 heteroatoms. The van der Waals surface area contributed by atoms with Crippen LogP contribution in [0.5, 0.6) is 5.75 Å². The first-order valence-corrected chi connectivity index (χ1v) is 6.16. The average Bonchev–Trinajstić information content (AvgIpc) is 2.65. The molecule has 1 aromatic heterocycles. The minimum Gasteiger partial charge on any atom is -0.484 e. The van der Waals surface area contributed by atoms with Gasteiger partial charge < -0.3 is 9.84 Å². The van der Waals surface area contributed by atoms with Crippen LogP contribution in [0.1, 0.15) is 39.0 Å². The van der Waals surface area contributed by atoms with Crippen molar-refractivity contribution in [2.45, 2.75) is 57.8 Å². The van der Waals surface area contributed by atoms with E-state index in [0.717, 1.165) is 38.0 Å². The standard InChI is InChI=1S/C12H20N2O2/c1-2-14-9-10(8-13-14)16-12-7-5-3-4-6-11(12)15/h8-9,11-12,15H,2-7H2,1H3. The van der Waals surface area contributed by atoms with Crippen LogP contribution in [0.15, 0.2) is 12.4 Å². The van der Waals surface area contributed by atoms with Crippen LogP contribution >= 0.6 is 0 Å².